The monoisotopic (exact) mass is 240 g/mol. The molecule has 0 radical (unpaired) electrons. The maximum Gasteiger partial charge on any atom is 0.320 e. The molecule has 2 N–H and O–H groups in total. The van der Waals surface area contributed by atoms with E-state index in [4.69, 9.17) is 5.11 Å². The number of hydrogen-bond donors (Lipinski definition) is 2. The largest absolute Gasteiger partial charge is 0.480 e. The summed E-state index contributed by atoms with van der Waals surface area (Å²) in [5.41, 5.74) is 0. The van der Waals surface area contributed by atoms with Crippen LogP contribution < -0.4 is 5.32 Å². The zero-order valence-electron chi connectivity index (χ0n) is 10.2. The fourth-order valence-corrected chi connectivity index (χ4v) is 2.28. The van der Waals surface area contributed by atoms with Crippen molar-refractivity contribution >= 4 is 11.9 Å². The fourth-order valence-electron chi connectivity index (χ4n) is 2.28. The first-order valence-electron chi connectivity index (χ1n) is 6.35. The number of carboxylic acids is 1. The molecule has 0 aromatic carbocycles. The SMILES string of the molecule is CC(NC1CCN(C(=O)C2CC2)CC1)C(=O)O. The number of nitrogens with one attached hydrogen (secondary N) is 1. The van der Waals surface area contributed by atoms with Crippen molar-refractivity contribution in [2.75, 3.05) is 13.1 Å². The number of hydrogen-bond acceptors (Lipinski definition) is 3. The van der Waals surface area contributed by atoms with E-state index in [0.717, 1.165) is 38.8 Å². The second-order valence-corrected chi connectivity index (χ2v) is 5.10. The molecular weight excluding hydrogens is 220 g/mol. The normalized spacial score (nSPS) is 23.5. The molecule has 17 heavy (non-hydrogen) atoms. The molecule has 0 aromatic rings. The van der Waals surface area contributed by atoms with Crippen LogP contribution in [0.3, 0.4) is 0 Å². The topological polar surface area (TPSA) is 69.6 Å². The third-order valence-corrected chi connectivity index (χ3v) is 3.59. The van der Waals surface area contributed by atoms with Gasteiger partial charge in [-0.25, -0.2) is 0 Å². The molecule has 1 saturated heterocycles. The minimum Gasteiger partial charge on any atom is -0.480 e. The van der Waals surface area contributed by atoms with Crippen LogP contribution in [0.5, 0.6) is 0 Å². The van der Waals surface area contributed by atoms with Gasteiger partial charge in [-0.2, -0.15) is 0 Å². The van der Waals surface area contributed by atoms with Crippen LogP contribution in [0.1, 0.15) is 32.6 Å². The molecule has 5 nitrogen and oxygen atoms in total. The van der Waals surface area contributed by atoms with Crippen molar-refractivity contribution in [3.05, 3.63) is 0 Å². The van der Waals surface area contributed by atoms with Gasteiger partial charge in [0.15, 0.2) is 0 Å². The van der Waals surface area contributed by atoms with E-state index in [-0.39, 0.29) is 12.0 Å². The summed E-state index contributed by atoms with van der Waals surface area (Å²) in [5, 5.41) is 11.9. The van der Waals surface area contributed by atoms with Crippen molar-refractivity contribution in [1.82, 2.24) is 10.2 Å². The van der Waals surface area contributed by atoms with E-state index in [1.807, 2.05) is 4.90 Å². The van der Waals surface area contributed by atoms with Gasteiger partial charge in [-0.15, -0.1) is 0 Å². The van der Waals surface area contributed by atoms with Crippen molar-refractivity contribution in [1.29, 1.82) is 0 Å². The minimum absolute atomic E-state index is 0.226. The summed E-state index contributed by atoms with van der Waals surface area (Å²) < 4.78 is 0. The third kappa shape index (κ3) is 3.19. The zero-order chi connectivity index (χ0) is 12.4. The van der Waals surface area contributed by atoms with Crippen LogP contribution in [0.15, 0.2) is 0 Å². The van der Waals surface area contributed by atoms with Crippen molar-refractivity contribution in [2.24, 2.45) is 5.92 Å². The third-order valence-electron chi connectivity index (χ3n) is 3.59. The summed E-state index contributed by atoms with van der Waals surface area (Å²) in [6.45, 7) is 3.18. The van der Waals surface area contributed by atoms with Gasteiger partial charge < -0.3 is 15.3 Å². The van der Waals surface area contributed by atoms with E-state index in [1.165, 1.54) is 0 Å². The molecule has 1 amide bonds. The standard InChI is InChI=1S/C12H20N2O3/c1-8(12(16)17)13-10-4-6-14(7-5-10)11(15)9-2-3-9/h8-10,13H,2-7H2,1H3,(H,16,17). The lowest BCUT2D eigenvalue weighted by molar-refractivity contribution is -0.140. The molecule has 0 bridgehead atoms. The molecule has 0 spiro atoms. The van der Waals surface area contributed by atoms with Crippen LogP contribution in [0.25, 0.3) is 0 Å². The summed E-state index contributed by atoms with van der Waals surface area (Å²) in [6, 6.07) is -0.282. The second kappa shape index (κ2) is 5.04. The van der Waals surface area contributed by atoms with Crippen molar-refractivity contribution in [3.63, 3.8) is 0 Å². The van der Waals surface area contributed by atoms with Gasteiger partial charge in [-0.05, 0) is 32.6 Å². The lowest BCUT2D eigenvalue weighted by Gasteiger charge is -2.33. The van der Waals surface area contributed by atoms with Crippen molar-refractivity contribution in [3.8, 4) is 0 Å². The van der Waals surface area contributed by atoms with Crippen molar-refractivity contribution < 1.29 is 14.7 Å². The summed E-state index contributed by atoms with van der Waals surface area (Å²) in [5.74, 6) is -0.228. The number of rotatable bonds is 4. The average molecular weight is 240 g/mol. The highest BCUT2D eigenvalue weighted by atomic mass is 16.4. The Bertz CT molecular complexity index is 307. The first-order valence-corrected chi connectivity index (χ1v) is 6.35. The lowest BCUT2D eigenvalue weighted by Crippen LogP contribution is -2.49. The Balaban J connectivity index is 1.73. The molecule has 2 aliphatic rings. The highest BCUT2D eigenvalue weighted by Crippen LogP contribution is 2.31. The summed E-state index contributed by atoms with van der Waals surface area (Å²) in [4.78, 5) is 24.5. The number of carboxylic acid groups (broad SMARTS) is 1. The molecule has 1 aliphatic heterocycles. The Morgan fingerprint density at radius 3 is 2.29 bits per heavy atom. The summed E-state index contributed by atoms with van der Waals surface area (Å²) >= 11 is 0. The van der Waals surface area contributed by atoms with Crippen LogP contribution >= 0.6 is 0 Å². The number of nitrogens with zero attached hydrogens (tertiary/aromatic N) is 1. The molecule has 0 aromatic heterocycles. The second-order valence-electron chi connectivity index (χ2n) is 5.10. The molecule has 5 heteroatoms. The molecule has 1 unspecified atom stereocenters. The maximum absolute atomic E-state index is 11.8. The summed E-state index contributed by atoms with van der Waals surface area (Å²) in [7, 11) is 0. The quantitative estimate of drug-likeness (QED) is 0.748. The molecule has 2 rings (SSSR count). The Kier molecular flexibility index (Phi) is 3.66. The average Bonchev–Trinajstić information content (AvgIpc) is 3.13. The predicted octanol–water partition coefficient (Wildman–Crippen LogP) is 0.450. The van der Waals surface area contributed by atoms with Gasteiger partial charge in [-0.3, -0.25) is 9.59 Å². The predicted molar refractivity (Wildman–Crippen MR) is 62.6 cm³/mol. The van der Waals surface area contributed by atoms with Crippen LogP contribution in [0, 0.1) is 5.92 Å². The Morgan fingerprint density at radius 1 is 1.24 bits per heavy atom. The van der Waals surface area contributed by atoms with Crippen LogP contribution in [-0.2, 0) is 9.59 Å². The Hall–Kier alpha value is -1.10. The maximum atomic E-state index is 11.8. The highest BCUT2D eigenvalue weighted by molar-refractivity contribution is 5.81. The first kappa shape index (κ1) is 12.4. The molecule has 96 valence electrons. The molecule has 1 atom stereocenters. The van der Waals surface area contributed by atoms with Gasteiger partial charge in [0.1, 0.15) is 6.04 Å². The van der Waals surface area contributed by atoms with E-state index < -0.39 is 12.0 Å². The van der Waals surface area contributed by atoms with Crippen molar-refractivity contribution in [2.45, 2.75) is 44.7 Å². The van der Waals surface area contributed by atoms with Crippen LogP contribution in [-0.4, -0.2) is 47.1 Å². The smallest absolute Gasteiger partial charge is 0.320 e. The Morgan fingerprint density at radius 2 is 1.82 bits per heavy atom. The number of aliphatic carboxylic acids is 1. The van der Waals surface area contributed by atoms with Gasteiger partial charge in [-0.1, -0.05) is 0 Å². The van der Waals surface area contributed by atoms with Gasteiger partial charge in [0.2, 0.25) is 5.91 Å². The molecule has 2 fully saturated rings. The van der Waals surface area contributed by atoms with E-state index >= 15 is 0 Å². The van der Waals surface area contributed by atoms with Crippen LogP contribution in [0.2, 0.25) is 0 Å². The van der Waals surface area contributed by atoms with Gasteiger partial charge in [0, 0.05) is 25.0 Å². The molecule has 1 aliphatic carbocycles. The summed E-state index contributed by atoms with van der Waals surface area (Å²) in [6.07, 6.45) is 3.81. The first-order chi connectivity index (χ1) is 8.08. The fraction of sp³-hybridized carbons (Fsp3) is 0.833. The number of carbonyl (C=O) groups is 2. The number of likely N-dealkylation sites (tertiary alicyclic amines) is 1. The zero-order valence-corrected chi connectivity index (χ0v) is 10.2. The molecule has 1 saturated carbocycles. The Labute approximate surface area is 101 Å². The van der Waals surface area contributed by atoms with E-state index in [0.29, 0.717) is 5.91 Å². The van der Waals surface area contributed by atoms with E-state index in [1.54, 1.807) is 6.92 Å². The molecule has 1 heterocycles. The van der Waals surface area contributed by atoms with Gasteiger partial charge in [0.25, 0.3) is 0 Å². The van der Waals surface area contributed by atoms with E-state index in [9.17, 15) is 9.59 Å². The minimum atomic E-state index is -0.818. The number of carbonyl (C=O) groups excluding carboxylic acids is 1. The van der Waals surface area contributed by atoms with E-state index in [2.05, 4.69) is 5.32 Å². The number of piperidine rings is 1. The van der Waals surface area contributed by atoms with Gasteiger partial charge in [0.05, 0.1) is 0 Å². The van der Waals surface area contributed by atoms with Gasteiger partial charge >= 0.3 is 5.97 Å². The molecular formula is C12H20N2O3. The highest BCUT2D eigenvalue weighted by Gasteiger charge is 2.35. The number of amides is 1. The van der Waals surface area contributed by atoms with Crippen LogP contribution in [0.4, 0.5) is 0 Å². The lowest BCUT2D eigenvalue weighted by atomic mass is 10.0.